The zero-order chi connectivity index (χ0) is 18.4. The third-order valence-electron chi connectivity index (χ3n) is 4.95. The van der Waals surface area contributed by atoms with E-state index in [2.05, 4.69) is 49.8 Å². The number of rotatable bonds is 7. The lowest BCUT2D eigenvalue weighted by Gasteiger charge is -2.32. The van der Waals surface area contributed by atoms with Crippen LogP contribution in [0.2, 0.25) is 0 Å². The second-order valence-corrected chi connectivity index (χ2v) is 9.51. The Morgan fingerprint density at radius 3 is 2.31 bits per heavy atom. The molecule has 2 aromatic carbocycles. The fourth-order valence-electron chi connectivity index (χ4n) is 3.27. The number of likely N-dealkylation sites (tertiary alicyclic amines) is 1. The highest BCUT2D eigenvalue weighted by Gasteiger charge is 2.21. The predicted molar refractivity (Wildman–Crippen MR) is 109 cm³/mol. The summed E-state index contributed by atoms with van der Waals surface area (Å²) in [5.41, 5.74) is 1.37. The molecule has 1 heterocycles. The van der Waals surface area contributed by atoms with Gasteiger partial charge in [0.25, 0.3) is 0 Å². The van der Waals surface area contributed by atoms with Crippen LogP contribution in [0.1, 0.15) is 18.4 Å². The van der Waals surface area contributed by atoms with Crippen molar-refractivity contribution in [1.82, 2.24) is 9.62 Å². The summed E-state index contributed by atoms with van der Waals surface area (Å²) in [6.45, 7) is 3.67. The maximum Gasteiger partial charge on any atom is 0.240 e. The van der Waals surface area contributed by atoms with Crippen LogP contribution >= 0.6 is 15.9 Å². The van der Waals surface area contributed by atoms with Gasteiger partial charge in [-0.3, -0.25) is 0 Å². The second-order valence-electron chi connectivity index (χ2n) is 6.83. The minimum Gasteiger partial charge on any atom is -0.303 e. The van der Waals surface area contributed by atoms with Gasteiger partial charge in [0, 0.05) is 17.6 Å². The van der Waals surface area contributed by atoms with Gasteiger partial charge in [-0.2, -0.15) is 0 Å². The summed E-state index contributed by atoms with van der Waals surface area (Å²) in [5.74, 6) is 0.410. The average molecular weight is 437 g/mol. The molecule has 0 unspecified atom stereocenters. The molecular formula is C20H25BrN2O2S. The Bertz CT molecular complexity index is 786. The van der Waals surface area contributed by atoms with Crippen LogP contribution in [0.3, 0.4) is 0 Å². The molecule has 26 heavy (non-hydrogen) atoms. The van der Waals surface area contributed by atoms with Crippen LogP contribution in [0, 0.1) is 5.92 Å². The van der Waals surface area contributed by atoms with Crippen molar-refractivity contribution in [2.75, 3.05) is 26.2 Å². The van der Waals surface area contributed by atoms with Crippen molar-refractivity contribution >= 4 is 26.0 Å². The highest BCUT2D eigenvalue weighted by molar-refractivity contribution is 9.10. The fourth-order valence-corrected chi connectivity index (χ4v) is 4.65. The van der Waals surface area contributed by atoms with Gasteiger partial charge in [-0.05, 0) is 68.1 Å². The Morgan fingerprint density at radius 1 is 1.00 bits per heavy atom. The Balaban J connectivity index is 1.42. The van der Waals surface area contributed by atoms with Gasteiger partial charge in [-0.25, -0.2) is 13.1 Å². The van der Waals surface area contributed by atoms with E-state index in [0.29, 0.717) is 17.4 Å². The van der Waals surface area contributed by atoms with Crippen molar-refractivity contribution in [3.8, 4) is 0 Å². The molecule has 0 aromatic heterocycles. The molecule has 0 spiro atoms. The molecule has 1 aliphatic heterocycles. The minimum absolute atomic E-state index is 0.320. The van der Waals surface area contributed by atoms with Gasteiger partial charge in [0.1, 0.15) is 0 Å². The molecule has 0 radical (unpaired) electrons. The van der Waals surface area contributed by atoms with Crippen LogP contribution < -0.4 is 4.72 Å². The van der Waals surface area contributed by atoms with E-state index in [0.717, 1.165) is 43.4 Å². The van der Waals surface area contributed by atoms with E-state index in [-0.39, 0.29) is 0 Å². The summed E-state index contributed by atoms with van der Waals surface area (Å²) in [6.07, 6.45) is 3.15. The van der Waals surface area contributed by atoms with Crippen molar-refractivity contribution in [2.24, 2.45) is 5.92 Å². The largest absolute Gasteiger partial charge is 0.303 e. The molecule has 1 saturated heterocycles. The van der Waals surface area contributed by atoms with Crippen molar-refractivity contribution in [1.29, 1.82) is 0 Å². The van der Waals surface area contributed by atoms with Crippen molar-refractivity contribution in [2.45, 2.75) is 24.2 Å². The molecule has 0 amide bonds. The third kappa shape index (κ3) is 5.64. The molecule has 0 aliphatic carbocycles. The minimum atomic E-state index is -3.42. The number of piperidine rings is 1. The number of hydrogen-bond acceptors (Lipinski definition) is 3. The maximum absolute atomic E-state index is 12.4. The quantitative estimate of drug-likeness (QED) is 0.719. The smallest absolute Gasteiger partial charge is 0.240 e. The topological polar surface area (TPSA) is 49.4 Å². The van der Waals surface area contributed by atoms with Gasteiger partial charge in [0.05, 0.1) is 4.90 Å². The first-order valence-corrected chi connectivity index (χ1v) is 11.3. The molecule has 1 N–H and O–H groups in total. The summed E-state index contributed by atoms with van der Waals surface area (Å²) in [6, 6.07) is 17.3. The summed E-state index contributed by atoms with van der Waals surface area (Å²) in [4.78, 5) is 2.80. The first kappa shape index (κ1) is 19.5. The predicted octanol–water partition coefficient (Wildman–Crippen LogP) is 3.68. The molecule has 140 valence electrons. The first-order chi connectivity index (χ1) is 12.5. The lowest BCUT2D eigenvalue weighted by molar-refractivity contribution is 0.187. The van der Waals surface area contributed by atoms with Gasteiger partial charge in [0.2, 0.25) is 10.0 Å². The highest BCUT2D eigenvalue weighted by atomic mass is 79.9. The molecule has 0 bridgehead atoms. The molecule has 1 fully saturated rings. The van der Waals surface area contributed by atoms with E-state index in [9.17, 15) is 8.42 Å². The molecule has 2 aromatic rings. The monoisotopic (exact) mass is 436 g/mol. The summed E-state index contributed by atoms with van der Waals surface area (Å²) in [5, 5.41) is 0. The highest BCUT2D eigenvalue weighted by Crippen LogP contribution is 2.19. The van der Waals surface area contributed by atoms with Gasteiger partial charge < -0.3 is 4.90 Å². The van der Waals surface area contributed by atoms with Crippen molar-refractivity contribution in [3.63, 3.8) is 0 Å². The number of benzene rings is 2. The van der Waals surface area contributed by atoms with E-state index in [1.54, 1.807) is 24.3 Å². The van der Waals surface area contributed by atoms with E-state index < -0.39 is 10.0 Å². The van der Waals surface area contributed by atoms with Crippen LogP contribution in [-0.2, 0) is 16.4 Å². The van der Waals surface area contributed by atoms with Gasteiger partial charge in [0.15, 0.2) is 0 Å². The molecule has 3 rings (SSSR count). The Labute approximate surface area is 164 Å². The van der Waals surface area contributed by atoms with Crippen LogP contribution in [0.15, 0.2) is 64.0 Å². The molecule has 0 saturated carbocycles. The SMILES string of the molecule is O=S(=O)(NCC1CCN(CCc2ccccc2)CC1)c1ccc(Br)cc1. The lowest BCUT2D eigenvalue weighted by atomic mass is 9.97. The summed E-state index contributed by atoms with van der Waals surface area (Å²) < 4.78 is 28.4. The third-order valence-corrected chi connectivity index (χ3v) is 6.92. The zero-order valence-electron chi connectivity index (χ0n) is 14.8. The van der Waals surface area contributed by atoms with Crippen LogP contribution in [0.25, 0.3) is 0 Å². The Hall–Kier alpha value is -1.21. The molecule has 4 nitrogen and oxygen atoms in total. The second kappa shape index (κ2) is 9.13. The van der Waals surface area contributed by atoms with Crippen LogP contribution in [0.4, 0.5) is 0 Å². The Morgan fingerprint density at radius 2 is 1.65 bits per heavy atom. The Kier molecular flexibility index (Phi) is 6.86. The first-order valence-electron chi connectivity index (χ1n) is 9.04. The summed E-state index contributed by atoms with van der Waals surface area (Å²) in [7, 11) is -3.42. The number of nitrogens with one attached hydrogen (secondary N) is 1. The van der Waals surface area contributed by atoms with E-state index >= 15 is 0 Å². The maximum atomic E-state index is 12.4. The van der Waals surface area contributed by atoms with Crippen molar-refractivity contribution in [3.05, 3.63) is 64.6 Å². The van der Waals surface area contributed by atoms with Gasteiger partial charge in [-0.15, -0.1) is 0 Å². The zero-order valence-corrected chi connectivity index (χ0v) is 17.2. The van der Waals surface area contributed by atoms with Gasteiger partial charge >= 0.3 is 0 Å². The fraction of sp³-hybridized carbons (Fsp3) is 0.400. The van der Waals surface area contributed by atoms with E-state index in [4.69, 9.17) is 0 Å². The number of nitrogens with zero attached hydrogens (tertiary/aromatic N) is 1. The van der Waals surface area contributed by atoms with Crippen molar-refractivity contribution < 1.29 is 8.42 Å². The van der Waals surface area contributed by atoms with Crippen LogP contribution in [-0.4, -0.2) is 39.5 Å². The average Bonchev–Trinajstić information content (AvgIpc) is 2.67. The van der Waals surface area contributed by atoms with Gasteiger partial charge in [-0.1, -0.05) is 46.3 Å². The number of sulfonamides is 1. The molecular weight excluding hydrogens is 412 g/mol. The molecule has 0 atom stereocenters. The van der Waals surface area contributed by atoms with E-state index in [1.165, 1.54) is 5.56 Å². The van der Waals surface area contributed by atoms with E-state index in [1.807, 2.05) is 6.07 Å². The number of halogens is 1. The number of hydrogen-bond donors (Lipinski definition) is 1. The standard InChI is InChI=1S/C20H25BrN2O2S/c21-19-6-8-20(9-7-19)26(24,25)22-16-18-11-14-23(15-12-18)13-10-17-4-2-1-3-5-17/h1-9,18,22H,10-16H2. The van der Waals surface area contributed by atoms with Crippen LogP contribution in [0.5, 0.6) is 0 Å². The normalized spacial score (nSPS) is 16.7. The molecule has 6 heteroatoms. The summed E-state index contributed by atoms with van der Waals surface area (Å²) >= 11 is 3.33. The lowest BCUT2D eigenvalue weighted by Crippen LogP contribution is -2.39. The molecule has 1 aliphatic rings.